The lowest BCUT2D eigenvalue weighted by atomic mass is 10.1. The fourth-order valence-electron chi connectivity index (χ4n) is 3.08. The Kier molecular flexibility index (Phi) is 8.76. The molecule has 1 amide bonds. The van der Waals surface area contributed by atoms with Crippen molar-refractivity contribution in [3.8, 4) is 5.75 Å². The molecule has 7 heteroatoms. The topological polar surface area (TPSA) is 41.6 Å². The minimum absolute atomic E-state index is 0. The Hall–Kier alpha value is -0.560. The van der Waals surface area contributed by atoms with Crippen molar-refractivity contribution in [2.24, 2.45) is 0 Å². The van der Waals surface area contributed by atoms with Gasteiger partial charge in [0.25, 0.3) is 5.91 Å². The van der Waals surface area contributed by atoms with E-state index in [2.05, 4.69) is 17.4 Å². The number of carbonyl (C=O) groups excluding carboxylic acids is 1. The van der Waals surface area contributed by atoms with Gasteiger partial charge in [0.2, 0.25) is 0 Å². The van der Waals surface area contributed by atoms with Gasteiger partial charge in [0.1, 0.15) is 5.75 Å². The molecule has 0 aliphatic carbocycles. The normalized spacial score (nSPS) is 21.5. The van der Waals surface area contributed by atoms with E-state index in [1.807, 2.05) is 47.6 Å². The van der Waals surface area contributed by atoms with Crippen LogP contribution in [0.4, 0.5) is 0 Å². The van der Waals surface area contributed by atoms with Gasteiger partial charge in [-0.25, -0.2) is 0 Å². The quantitative estimate of drug-likeness (QED) is 0.815. The van der Waals surface area contributed by atoms with Crippen LogP contribution in [0, 0.1) is 0 Å². The molecule has 0 aromatic heterocycles. The first-order valence-electron chi connectivity index (χ1n) is 8.67. The second-order valence-corrected chi connectivity index (χ2v) is 8.98. The van der Waals surface area contributed by atoms with E-state index in [1.165, 1.54) is 23.5 Å². The van der Waals surface area contributed by atoms with E-state index in [-0.39, 0.29) is 24.9 Å². The second-order valence-electron chi connectivity index (χ2n) is 6.25. The molecule has 1 unspecified atom stereocenters. The summed E-state index contributed by atoms with van der Waals surface area (Å²) in [5.74, 6) is 3.35. The maximum atomic E-state index is 12.3. The summed E-state index contributed by atoms with van der Waals surface area (Å²) < 4.78 is 6.25. The SMILES string of the molecule is CNC1CCCN(C(=O)COc2ccc(C3SCCCS3)cc2)C1.Cl. The molecule has 0 spiro atoms. The molecule has 2 heterocycles. The van der Waals surface area contributed by atoms with Crippen molar-refractivity contribution >= 4 is 41.8 Å². The van der Waals surface area contributed by atoms with E-state index < -0.39 is 0 Å². The summed E-state index contributed by atoms with van der Waals surface area (Å²) in [7, 11) is 1.96. The molecule has 2 saturated heterocycles. The van der Waals surface area contributed by atoms with E-state index in [0.29, 0.717) is 10.6 Å². The summed E-state index contributed by atoms with van der Waals surface area (Å²) >= 11 is 4.03. The largest absolute Gasteiger partial charge is 0.484 e. The van der Waals surface area contributed by atoms with E-state index in [1.54, 1.807) is 0 Å². The van der Waals surface area contributed by atoms with Crippen LogP contribution < -0.4 is 10.1 Å². The highest BCUT2D eigenvalue weighted by Crippen LogP contribution is 2.43. The molecule has 140 valence electrons. The summed E-state index contributed by atoms with van der Waals surface area (Å²) in [6, 6.07) is 8.66. The van der Waals surface area contributed by atoms with Crippen molar-refractivity contribution in [1.82, 2.24) is 10.2 Å². The number of halogens is 1. The number of hydrogen-bond acceptors (Lipinski definition) is 5. The smallest absolute Gasteiger partial charge is 0.260 e. The highest BCUT2D eigenvalue weighted by atomic mass is 35.5. The summed E-state index contributed by atoms with van der Waals surface area (Å²) in [6.45, 7) is 1.76. The zero-order valence-electron chi connectivity index (χ0n) is 14.6. The number of nitrogens with zero attached hydrogens (tertiary/aromatic N) is 1. The number of hydrogen-bond donors (Lipinski definition) is 1. The average Bonchev–Trinajstić information content (AvgIpc) is 2.67. The summed E-state index contributed by atoms with van der Waals surface area (Å²) in [5.41, 5.74) is 1.34. The number of thioether (sulfide) groups is 2. The minimum Gasteiger partial charge on any atom is -0.484 e. The molecule has 1 aromatic rings. The highest BCUT2D eigenvalue weighted by molar-refractivity contribution is 8.16. The van der Waals surface area contributed by atoms with Crippen LogP contribution in [0.1, 0.15) is 29.4 Å². The van der Waals surface area contributed by atoms with E-state index >= 15 is 0 Å². The molecular formula is C18H27ClN2O2S2. The van der Waals surface area contributed by atoms with Crippen molar-refractivity contribution in [2.75, 3.05) is 38.2 Å². The molecular weight excluding hydrogens is 376 g/mol. The number of ether oxygens (including phenoxy) is 1. The lowest BCUT2D eigenvalue weighted by Crippen LogP contribution is -2.48. The Bertz CT molecular complexity index is 538. The Morgan fingerprint density at radius 3 is 2.64 bits per heavy atom. The van der Waals surface area contributed by atoms with Gasteiger partial charge in [0, 0.05) is 19.1 Å². The molecule has 4 nitrogen and oxygen atoms in total. The molecule has 2 aliphatic rings. The van der Waals surface area contributed by atoms with Gasteiger partial charge in [-0.05, 0) is 55.5 Å². The van der Waals surface area contributed by atoms with Crippen LogP contribution >= 0.6 is 35.9 Å². The Labute approximate surface area is 165 Å². The number of benzene rings is 1. The Morgan fingerprint density at radius 1 is 1.24 bits per heavy atom. The van der Waals surface area contributed by atoms with Gasteiger partial charge in [-0.1, -0.05) is 12.1 Å². The van der Waals surface area contributed by atoms with Gasteiger partial charge in [-0.2, -0.15) is 0 Å². The summed E-state index contributed by atoms with van der Waals surface area (Å²) in [6.07, 6.45) is 3.50. The molecule has 0 saturated carbocycles. The molecule has 1 aromatic carbocycles. The fraction of sp³-hybridized carbons (Fsp3) is 0.611. The number of likely N-dealkylation sites (N-methyl/N-ethyl adjacent to an activating group) is 1. The van der Waals surface area contributed by atoms with Gasteiger partial charge >= 0.3 is 0 Å². The third-order valence-corrected chi connectivity index (χ3v) is 7.54. The van der Waals surface area contributed by atoms with Crippen LogP contribution in [0.25, 0.3) is 0 Å². The maximum absolute atomic E-state index is 12.3. The molecule has 3 rings (SSSR count). The van der Waals surface area contributed by atoms with Crippen molar-refractivity contribution in [3.05, 3.63) is 29.8 Å². The lowest BCUT2D eigenvalue weighted by Gasteiger charge is -2.32. The predicted octanol–water partition coefficient (Wildman–Crippen LogP) is 3.57. The molecule has 25 heavy (non-hydrogen) atoms. The van der Waals surface area contributed by atoms with Crippen molar-refractivity contribution in [3.63, 3.8) is 0 Å². The van der Waals surface area contributed by atoms with Crippen molar-refractivity contribution in [1.29, 1.82) is 0 Å². The molecule has 0 radical (unpaired) electrons. The van der Waals surface area contributed by atoms with E-state index in [0.717, 1.165) is 31.7 Å². The van der Waals surface area contributed by atoms with Gasteiger partial charge in [-0.15, -0.1) is 35.9 Å². The molecule has 1 atom stereocenters. The molecule has 2 aliphatic heterocycles. The third kappa shape index (κ3) is 5.98. The van der Waals surface area contributed by atoms with Crippen LogP contribution in [0.15, 0.2) is 24.3 Å². The lowest BCUT2D eigenvalue weighted by molar-refractivity contribution is -0.134. The number of carbonyl (C=O) groups is 1. The Morgan fingerprint density at radius 2 is 1.96 bits per heavy atom. The molecule has 1 N–H and O–H groups in total. The average molecular weight is 403 g/mol. The first-order valence-corrected chi connectivity index (χ1v) is 10.8. The number of piperidine rings is 1. The van der Waals surface area contributed by atoms with Crippen LogP contribution in [-0.2, 0) is 4.79 Å². The Balaban J connectivity index is 0.00000225. The van der Waals surface area contributed by atoms with Crippen LogP contribution in [0.2, 0.25) is 0 Å². The van der Waals surface area contributed by atoms with Crippen LogP contribution in [0.3, 0.4) is 0 Å². The fourth-order valence-corrected chi connectivity index (χ4v) is 5.97. The van der Waals surface area contributed by atoms with Crippen LogP contribution in [-0.4, -0.2) is 55.1 Å². The molecule has 2 fully saturated rings. The van der Waals surface area contributed by atoms with Gasteiger partial charge < -0.3 is 15.0 Å². The first-order chi connectivity index (χ1) is 11.8. The number of amides is 1. The zero-order chi connectivity index (χ0) is 16.8. The number of rotatable bonds is 5. The zero-order valence-corrected chi connectivity index (χ0v) is 17.1. The standard InChI is InChI=1S/C18H26N2O2S2.ClH/c1-19-15-4-2-9-20(12-15)17(21)13-22-16-7-5-14(6-8-16)18-23-10-3-11-24-18;/h5-8,15,18-19H,2-4,9-13H2,1H3;1H. The number of nitrogens with one attached hydrogen (secondary N) is 1. The monoisotopic (exact) mass is 402 g/mol. The molecule has 0 bridgehead atoms. The highest BCUT2D eigenvalue weighted by Gasteiger charge is 2.22. The van der Waals surface area contributed by atoms with E-state index in [4.69, 9.17) is 4.74 Å². The minimum atomic E-state index is 0. The van der Waals surface area contributed by atoms with Crippen LogP contribution in [0.5, 0.6) is 5.75 Å². The summed E-state index contributed by atoms with van der Waals surface area (Å²) in [5, 5.41) is 3.26. The predicted molar refractivity (Wildman–Crippen MR) is 110 cm³/mol. The second kappa shape index (κ2) is 10.6. The maximum Gasteiger partial charge on any atom is 0.260 e. The van der Waals surface area contributed by atoms with Gasteiger partial charge in [-0.3, -0.25) is 4.79 Å². The van der Waals surface area contributed by atoms with Crippen molar-refractivity contribution in [2.45, 2.75) is 29.9 Å². The van der Waals surface area contributed by atoms with E-state index in [9.17, 15) is 4.79 Å². The first kappa shape index (κ1) is 20.7. The van der Waals surface area contributed by atoms with Gasteiger partial charge in [0.05, 0.1) is 4.58 Å². The third-order valence-electron chi connectivity index (χ3n) is 4.52. The summed E-state index contributed by atoms with van der Waals surface area (Å²) in [4.78, 5) is 14.2. The number of likely N-dealkylation sites (tertiary alicyclic amines) is 1. The van der Waals surface area contributed by atoms with Crippen molar-refractivity contribution < 1.29 is 9.53 Å². The van der Waals surface area contributed by atoms with Gasteiger partial charge in [0.15, 0.2) is 6.61 Å².